The molecule has 0 radical (unpaired) electrons. The number of hydrogen-bond acceptors (Lipinski definition) is 3. The van der Waals surface area contributed by atoms with Crippen LogP contribution in [0, 0.1) is 11.8 Å². The van der Waals surface area contributed by atoms with E-state index < -0.39 is 10.0 Å². The van der Waals surface area contributed by atoms with E-state index in [2.05, 4.69) is 17.0 Å². The van der Waals surface area contributed by atoms with Gasteiger partial charge >= 0.3 is 0 Å². The van der Waals surface area contributed by atoms with Crippen LogP contribution in [0.5, 0.6) is 0 Å². The third kappa shape index (κ3) is 4.11. The van der Waals surface area contributed by atoms with Crippen LogP contribution in [0.15, 0.2) is 17.0 Å². The number of rotatable bonds is 7. The van der Waals surface area contributed by atoms with Gasteiger partial charge in [-0.05, 0) is 36.9 Å². The number of benzene rings is 1. The quantitative estimate of drug-likeness (QED) is 0.794. The Hall–Kier alpha value is -0.330. The van der Waals surface area contributed by atoms with Gasteiger partial charge in [0.25, 0.3) is 0 Å². The molecule has 0 aliphatic heterocycles. The second kappa shape index (κ2) is 6.84. The summed E-state index contributed by atoms with van der Waals surface area (Å²) >= 11 is 12.4. The summed E-state index contributed by atoms with van der Waals surface area (Å²) in [4.78, 5) is 0.0924. The molecule has 2 N–H and O–H groups in total. The molecule has 1 fully saturated rings. The van der Waals surface area contributed by atoms with Crippen LogP contribution in [0.1, 0.15) is 25.8 Å². The Morgan fingerprint density at radius 2 is 2.00 bits per heavy atom. The zero-order chi connectivity index (χ0) is 15.6. The molecule has 1 aliphatic rings. The molecule has 0 aromatic heterocycles. The molecule has 0 spiro atoms. The molecular formula is C14H20Cl2N2O2S. The van der Waals surface area contributed by atoms with E-state index in [0.29, 0.717) is 35.5 Å². The molecule has 2 unspecified atom stereocenters. The van der Waals surface area contributed by atoms with Gasteiger partial charge in [-0.1, -0.05) is 37.0 Å². The lowest BCUT2D eigenvalue weighted by Gasteiger charge is -2.13. The van der Waals surface area contributed by atoms with Crippen LogP contribution >= 0.6 is 23.2 Å². The molecular weight excluding hydrogens is 331 g/mol. The van der Waals surface area contributed by atoms with Gasteiger partial charge in [0, 0.05) is 23.7 Å². The van der Waals surface area contributed by atoms with Crippen molar-refractivity contribution in [1.82, 2.24) is 10.0 Å². The predicted molar refractivity (Wildman–Crippen MR) is 86.3 cm³/mol. The van der Waals surface area contributed by atoms with Gasteiger partial charge in [-0.3, -0.25) is 0 Å². The van der Waals surface area contributed by atoms with Gasteiger partial charge < -0.3 is 5.32 Å². The average molecular weight is 351 g/mol. The number of hydrogen-bond donors (Lipinski definition) is 2. The van der Waals surface area contributed by atoms with Crippen molar-refractivity contribution in [2.24, 2.45) is 11.8 Å². The molecule has 1 aromatic carbocycles. The average Bonchev–Trinajstić information content (AvgIpc) is 3.12. The van der Waals surface area contributed by atoms with Crippen LogP contribution in [0.25, 0.3) is 0 Å². The zero-order valence-corrected chi connectivity index (χ0v) is 14.4. The molecule has 0 bridgehead atoms. The van der Waals surface area contributed by atoms with Crippen molar-refractivity contribution in [2.75, 3.05) is 13.1 Å². The highest BCUT2D eigenvalue weighted by Gasteiger charge is 2.33. The molecule has 1 saturated carbocycles. The molecule has 0 heterocycles. The van der Waals surface area contributed by atoms with Crippen LogP contribution in [-0.2, 0) is 16.6 Å². The summed E-state index contributed by atoms with van der Waals surface area (Å²) in [6.45, 7) is 5.73. The van der Waals surface area contributed by atoms with Crippen molar-refractivity contribution in [1.29, 1.82) is 0 Å². The van der Waals surface area contributed by atoms with Crippen molar-refractivity contribution >= 4 is 33.2 Å². The molecule has 4 nitrogen and oxygen atoms in total. The summed E-state index contributed by atoms with van der Waals surface area (Å²) in [7, 11) is -3.60. The lowest BCUT2D eigenvalue weighted by atomic mass is 10.2. The van der Waals surface area contributed by atoms with Crippen LogP contribution < -0.4 is 10.0 Å². The minimum atomic E-state index is -3.60. The topological polar surface area (TPSA) is 58.2 Å². The van der Waals surface area contributed by atoms with E-state index in [1.807, 2.05) is 6.92 Å². The highest BCUT2D eigenvalue weighted by Crippen LogP contribution is 2.37. The number of sulfonamides is 1. The fourth-order valence-electron chi connectivity index (χ4n) is 2.17. The standard InChI is InChI=1S/C14H20Cl2N2O2S/c1-3-17-8-11-12(15)4-5-13(14(11)16)21(19,20)18-7-10-6-9(10)2/h4-5,9-10,17-18H,3,6-8H2,1-2H3. The first-order chi connectivity index (χ1) is 9.86. The number of nitrogens with one attached hydrogen (secondary N) is 2. The van der Waals surface area contributed by atoms with Gasteiger partial charge in [-0.15, -0.1) is 0 Å². The van der Waals surface area contributed by atoms with Crippen molar-refractivity contribution in [2.45, 2.75) is 31.7 Å². The largest absolute Gasteiger partial charge is 0.313 e. The van der Waals surface area contributed by atoms with Gasteiger partial charge in [0.15, 0.2) is 0 Å². The summed E-state index contributed by atoms with van der Waals surface area (Å²) < 4.78 is 27.4. The summed E-state index contributed by atoms with van der Waals surface area (Å²) in [5.74, 6) is 1.03. The highest BCUT2D eigenvalue weighted by atomic mass is 35.5. The second-order valence-electron chi connectivity index (χ2n) is 5.44. The van der Waals surface area contributed by atoms with Crippen molar-refractivity contribution in [3.05, 3.63) is 27.7 Å². The molecule has 2 rings (SSSR count). The third-order valence-corrected chi connectivity index (χ3v) is 6.17. The third-order valence-electron chi connectivity index (χ3n) is 3.80. The maximum atomic E-state index is 12.4. The molecule has 2 atom stereocenters. The highest BCUT2D eigenvalue weighted by molar-refractivity contribution is 7.89. The lowest BCUT2D eigenvalue weighted by Crippen LogP contribution is -2.27. The van der Waals surface area contributed by atoms with Crippen molar-refractivity contribution in [3.8, 4) is 0 Å². The van der Waals surface area contributed by atoms with Crippen LogP contribution in [0.2, 0.25) is 10.0 Å². The van der Waals surface area contributed by atoms with Gasteiger partial charge in [0.05, 0.1) is 5.02 Å². The molecule has 1 aromatic rings. The molecule has 118 valence electrons. The fourth-order valence-corrected chi connectivity index (χ4v) is 4.18. The van der Waals surface area contributed by atoms with Gasteiger partial charge in [0.1, 0.15) is 4.90 Å². The first-order valence-electron chi connectivity index (χ1n) is 7.04. The lowest BCUT2D eigenvalue weighted by molar-refractivity contribution is 0.574. The molecule has 0 saturated heterocycles. The minimum absolute atomic E-state index is 0.0924. The maximum absolute atomic E-state index is 12.4. The smallest absolute Gasteiger partial charge is 0.242 e. The van der Waals surface area contributed by atoms with E-state index in [1.165, 1.54) is 6.07 Å². The SMILES string of the molecule is CCNCc1c(Cl)ccc(S(=O)(=O)NCC2CC2C)c1Cl. The fraction of sp³-hybridized carbons (Fsp3) is 0.571. The van der Waals surface area contributed by atoms with Gasteiger partial charge in [0.2, 0.25) is 10.0 Å². The Morgan fingerprint density at radius 3 is 2.57 bits per heavy atom. The number of halogens is 2. The van der Waals surface area contributed by atoms with E-state index in [4.69, 9.17) is 23.2 Å². The summed E-state index contributed by atoms with van der Waals surface area (Å²) in [6, 6.07) is 3.03. The van der Waals surface area contributed by atoms with E-state index in [0.717, 1.165) is 13.0 Å². The van der Waals surface area contributed by atoms with Crippen LogP contribution in [-0.4, -0.2) is 21.5 Å². The Bertz CT molecular complexity index is 620. The normalized spacial score (nSPS) is 21.5. The monoisotopic (exact) mass is 350 g/mol. The van der Waals surface area contributed by atoms with Gasteiger partial charge in [-0.2, -0.15) is 0 Å². The van der Waals surface area contributed by atoms with Crippen LogP contribution in [0.3, 0.4) is 0 Å². The molecule has 0 amide bonds. The Labute approximate surface area is 136 Å². The Morgan fingerprint density at radius 1 is 1.33 bits per heavy atom. The van der Waals surface area contributed by atoms with E-state index in [-0.39, 0.29) is 9.92 Å². The zero-order valence-electron chi connectivity index (χ0n) is 12.1. The van der Waals surface area contributed by atoms with E-state index in [9.17, 15) is 8.42 Å². The minimum Gasteiger partial charge on any atom is -0.313 e. The Balaban J connectivity index is 2.21. The molecule has 7 heteroatoms. The van der Waals surface area contributed by atoms with Crippen molar-refractivity contribution < 1.29 is 8.42 Å². The summed E-state index contributed by atoms with van der Waals surface area (Å²) in [5, 5.41) is 3.77. The summed E-state index contributed by atoms with van der Waals surface area (Å²) in [6.07, 6.45) is 1.07. The van der Waals surface area contributed by atoms with E-state index in [1.54, 1.807) is 6.07 Å². The summed E-state index contributed by atoms with van der Waals surface area (Å²) in [5.41, 5.74) is 0.614. The maximum Gasteiger partial charge on any atom is 0.242 e. The Kier molecular flexibility index (Phi) is 5.54. The first kappa shape index (κ1) is 17.0. The first-order valence-corrected chi connectivity index (χ1v) is 9.28. The van der Waals surface area contributed by atoms with Crippen molar-refractivity contribution in [3.63, 3.8) is 0 Å². The van der Waals surface area contributed by atoms with Gasteiger partial charge in [-0.25, -0.2) is 13.1 Å². The van der Waals surface area contributed by atoms with Crippen LogP contribution in [0.4, 0.5) is 0 Å². The second-order valence-corrected chi connectivity index (χ2v) is 7.96. The van der Waals surface area contributed by atoms with E-state index >= 15 is 0 Å². The predicted octanol–water partition coefficient (Wildman–Crippen LogP) is 3.04. The molecule has 1 aliphatic carbocycles. The molecule has 21 heavy (non-hydrogen) atoms.